The Bertz CT molecular complexity index is 1330. The normalized spacial score (nSPS) is 15.8. The van der Waals surface area contributed by atoms with Gasteiger partial charge in [-0.05, 0) is 61.9 Å². The molecule has 2 heterocycles. The first kappa shape index (κ1) is 22.0. The van der Waals surface area contributed by atoms with Gasteiger partial charge >= 0.3 is 0 Å². The number of amides is 1. The smallest absolute Gasteiger partial charge is 0.227 e. The molecule has 1 atom stereocenters. The van der Waals surface area contributed by atoms with Crippen LogP contribution in [0.2, 0.25) is 0 Å². The summed E-state index contributed by atoms with van der Waals surface area (Å²) in [5, 5.41) is 0. The molecule has 1 amide bonds. The minimum absolute atomic E-state index is 0.0292. The molecule has 1 aromatic heterocycles. The fourth-order valence-electron chi connectivity index (χ4n) is 4.79. The van der Waals surface area contributed by atoms with E-state index in [-0.39, 0.29) is 11.8 Å². The predicted octanol–water partition coefficient (Wildman–Crippen LogP) is 5.26. The molecular weight excluding hydrogens is 426 g/mol. The van der Waals surface area contributed by atoms with Crippen LogP contribution in [0.3, 0.4) is 0 Å². The second-order valence-electron chi connectivity index (χ2n) is 8.83. The zero-order chi connectivity index (χ0) is 23.7. The van der Waals surface area contributed by atoms with Crippen LogP contribution in [0.15, 0.2) is 66.7 Å². The number of aromatic nitrogens is 2. The van der Waals surface area contributed by atoms with Gasteiger partial charge in [0.1, 0.15) is 23.9 Å². The second-order valence-corrected chi connectivity index (χ2v) is 8.83. The van der Waals surface area contributed by atoms with Crippen LogP contribution in [0.4, 0.5) is 5.69 Å². The Kier molecular flexibility index (Phi) is 5.97. The van der Waals surface area contributed by atoms with E-state index < -0.39 is 0 Å². The molecular formula is C28H29N3O3. The predicted molar refractivity (Wildman–Crippen MR) is 134 cm³/mol. The molecule has 1 fully saturated rings. The lowest BCUT2D eigenvalue weighted by Gasteiger charge is -2.20. The van der Waals surface area contributed by atoms with Crippen molar-refractivity contribution in [2.75, 3.05) is 25.2 Å². The summed E-state index contributed by atoms with van der Waals surface area (Å²) in [6.45, 7) is 5.92. The zero-order valence-corrected chi connectivity index (χ0v) is 19.8. The average Bonchev–Trinajstić information content (AvgIpc) is 3.40. The van der Waals surface area contributed by atoms with Crippen molar-refractivity contribution in [2.45, 2.75) is 32.7 Å². The van der Waals surface area contributed by atoms with Crippen LogP contribution in [0, 0.1) is 13.8 Å². The summed E-state index contributed by atoms with van der Waals surface area (Å²) < 4.78 is 13.4. The van der Waals surface area contributed by atoms with Crippen LogP contribution in [-0.4, -0.2) is 35.7 Å². The van der Waals surface area contributed by atoms with E-state index in [1.165, 1.54) is 5.56 Å². The maximum absolute atomic E-state index is 13.0. The summed E-state index contributed by atoms with van der Waals surface area (Å²) in [6, 6.07) is 22.0. The van der Waals surface area contributed by atoms with Crippen molar-refractivity contribution in [3.8, 4) is 11.5 Å². The first-order valence-corrected chi connectivity index (χ1v) is 11.6. The van der Waals surface area contributed by atoms with Crippen LogP contribution < -0.4 is 14.4 Å². The van der Waals surface area contributed by atoms with Gasteiger partial charge in [0.25, 0.3) is 0 Å². The second kappa shape index (κ2) is 9.21. The highest BCUT2D eigenvalue weighted by Crippen LogP contribution is 2.34. The fourth-order valence-corrected chi connectivity index (χ4v) is 4.79. The van der Waals surface area contributed by atoms with Crippen LogP contribution in [-0.2, 0) is 11.3 Å². The van der Waals surface area contributed by atoms with Crippen molar-refractivity contribution in [3.05, 3.63) is 83.7 Å². The summed E-state index contributed by atoms with van der Waals surface area (Å²) in [6.07, 6.45) is 0.454. The first-order chi connectivity index (χ1) is 16.5. The van der Waals surface area contributed by atoms with E-state index in [4.69, 9.17) is 14.5 Å². The zero-order valence-electron chi connectivity index (χ0n) is 19.8. The number of para-hydroxylation sites is 2. The molecule has 0 spiro atoms. The van der Waals surface area contributed by atoms with Gasteiger partial charge in [-0.15, -0.1) is 0 Å². The third kappa shape index (κ3) is 4.23. The third-order valence-corrected chi connectivity index (χ3v) is 6.46. The van der Waals surface area contributed by atoms with Gasteiger partial charge in [-0.25, -0.2) is 4.98 Å². The lowest BCUT2D eigenvalue weighted by Crippen LogP contribution is -2.25. The number of methoxy groups -OCH3 is 1. The van der Waals surface area contributed by atoms with Gasteiger partial charge in [0.15, 0.2) is 0 Å². The minimum Gasteiger partial charge on any atom is -0.497 e. The number of carbonyl (C=O) groups is 1. The lowest BCUT2D eigenvalue weighted by atomic mass is 10.1. The molecule has 1 saturated heterocycles. The molecule has 174 valence electrons. The SMILES string of the molecule is COc1ccc(OCCn2c([C@@H]3CC(=O)N(c4ccc(C)cc4C)C3)nc3ccccc32)cc1. The minimum atomic E-state index is 0.0292. The number of hydrogen-bond acceptors (Lipinski definition) is 4. The van der Waals surface area contributed by atoms with Crippen molar-refractivity contribution in [3.63, 3.8) is 0 Å². The number of imidazole rings is 1. The van der Waals surface area contributed by atoms with Crippen LogP contribution in [0.25, 0.3) is 11.0 Å². The van der Waals surface area contributed by atoms with E-state index >= 15 is 0 Å². The molecule has 34 heavy (non-hydrogen) atoms. The van der Waals surface area contributed by atoms with Gasteiger partial charge in [-0.3, -0.25) is 4.79 Å². The number of aryl methyl sites for hydroxylation is 2. The Hall–Kier alpha value is -3.80. The van der Waals surface area contributed by atoms with Gasteiger partial charge in [0.05, 0.1) is 24.7 Å². The van der Waals surface area contributed by atoms with Crippen LogP contribution in [0.1, 0.15) is 29.3 Å². The molecule has 4 aromatic rings. The fraction of sp³-hybridized carbons (Fsp3) is 0.286. The van der Waals surface area contributed by atoms with E-state index in [2.05, 4.69) is 42.7 Å². The number of ether oxygens (including phenoxy) is 2. The molecule has 0 bridgehead atoms. The Balaban J connectivity index is 1.38. The summed E-state index contributed by atoms with van der Waals surface area (Å²) in [5.74, 6) is 2.71. The Labute approximate surface area is 199 Å². The molecule has 6 nitrogen and oxygen atoms in total. The molecule has 3 aromatic carbocycles. The van der Waals surface area contributed by atoms with E-state index in [1.54, 1.807) is 7.11 Å². The van der Waals surface area contributed by atoms with E-state index in [1.807, 2.05) is 47.4 Å². The lowest BCUT2D eigenvalue weighted by molar-refractivity contribution is -0.117. The molecule has 0 aliphatic carbocycles. The molecule has 0 N–H and O–H groups in total. The number of rotatable bonds is 7. The summed E-state index contributed by atoms with van der Waals surface area (Å²) >= 11 is 0. The average molecular weight is 456 g/mol. The molecule has 1 aliphatic rings. The topological polar surface area (TPSA) is 56.6 Å². The van der Waals surface area contributed by atoms with Crippen molar-refractivity contribution < 1.29 is 14.3 Å². The van der Waals surface area contributed by atoms with E-state index in [9.17, 15) is 4.79 Å². The quantitative estimate of drug-likeness (QED) is 0.381. The molecule has 0 radical (unpaired) electrons. The largest absolute Gasteiger partial charge is 0.497 e. The van der Waals surface area contributed by atoms with Gasteiger partial charge in [0, 0.05) is 24.6 Å². The molecule has 5 rings (SSSR count). The molecule has 6 heteroatoms. The summed E-state index contributed by atoms with van der Waals surface area (Å²) in [7, 11) is 1.65. The van der Waals surface area contributed by atoms with Gasteiger partial charge < -0.3 is 18.9 Å². The highest BCUT2D eigenvalue weighted by molar-refractivity contribution is 5.97. The highest BCUT2D eigenvalue weighted by atomic mass is 16.5. The van der Waals surface area contributed by atoms with Crippen molar-refractivity contribution >= 4 is 22.6 Å². The Morgan fingerprint density at radius 1 is 1.00 bits per heavy atom. The number of anilines is 1. The third-order valence-electron chi connectivity index (χ3n) is 6.46. The number of benzene rings is 3. The van der Waals surface area contributed by atoms with Gasteiger partial charge in [-0.1, -0.05) is 29.8 Å². The molecule has 0 saturated carbocycles. The molecule has 1 aliphatic heterocycles. The number of carbonyl (C=O) groups excluding carboxylic acids is 1. The van der Waals surface area contributed by atoms with Crippen molar-refractivity contribution in [2.24, 2.45) is 0 Å². The number of nitrogens with zero attached hydrogens (tertiary/aromatic N) is 3. The maximum atomic E-state index is 13.0. The standard InChI is InChI=1S/C28H29N3O3/c1-19-8-13-25(20(2)16-19)31-18-21(17-27(31)32)28-29-24-6-4-5-7-26(24)30(28)14-15-34-23-11-9-22(33-3)10-12-23/h4-13,16,21H,14-15,17-18H2,1-3H3/t21-/m1/s1. The Morgan fingerprint density at radius 3 is 2.53 bits per heavy atom. The van der Waals surface area contributed by atoms with Crippen molar-refractivity contribution in [1.82, 2.24) is 9.55 Å². The summed E-state index contributed by atoms with van der Waals surface area (Å²) in [4.78, 5) is 19.9. The van der Waals surface area contributed by atoms with Crippen LogP contribution in [0.5, 0.6) is 11.5 Å². The van der Waals surface area contributed by atoms with Gasteiger partial charge in [0.2, 0.25) is 5.91 Å². The maximum Gasteiger partial charge on any atom is 0.227 e. The van der Waals surface area contributed by atoms with E-state index in [0.29, 0.717) is 26.1 Å². The number of fused-ring (bicyclic) bond motifs is 1. The first-order valence-electron chi connectivity index (χ1n) is 11.6. The Morgan fingerprint density at radius 2 is 1.76 bits per heavy atom. The van der Waals surface area contributed by atoms with Gasteiger partial charge in [-0.2, -0.15) is 0 Å². The van der Waals surface area contributed by atoms with Crippen LogP contribution >= 0.6 is 0 Å². The van der Waals surface area contributed by atoms with Crippen molar-refractivity contribution in [1.29, 1.82) is 0 Å². The number of hydrogen-bond donors (Lipinski definition) is 0. The monoisotopic (exact) mass is 455 g/mol. The van der Waals surface area contributed by atoms with E-state index in [0.717, 1.165) is 39.6 Å². The molecule has 0 unspecified atom stereocenters. The highest BCUT2D eigenvalue weighted by Gasteiger charge is 2.35. The summed E-state index contributed by atoms with van der Waals surface area (Å²) in [5.41, 5.74) is 5.31.